The maximum absolute atomic E-state index is 12.3. The Bertz CT molecular complexity index is 579. The van der Waals surface area contributed by atoms with Gasteiger partial charge in [0.05, 0.1) is 11.2 Å². The number of carbonyl (C=O) groups is 1. The second kappa shape index (κ2) is 5.66. The van der Waals surface area contributed by atoms with Crippen LogP contribution >= 0.6 is 11.6 Å². The zero-order chi connectivity index (χ0) is 13.9. The predicted octanol–water partition coefficient (Wildman–Crippen LogP) is 1.67. The molecule has 0 aliphatic carbocycles. The first-order valence-electron chi connectivity index (χ1n) is 6.67. The van der Waals surface area contributed by atoms with Crippen LogP contribution in [0.5, 0.6) is 0 Å². The smallest absolute Gasteiger partial charge is 0.244 e. The largest absolute Gasteiger partial charge is 0.340 e. The lowest BCUT2D eigenvalue weighted by Crippen LogP contribution is -2.41. The first-order chi connectivity index (χ1) is 9.72. The Labute approximate surface area is 121 Å². The number of hydrogen-bond acceptors (Lipinski definition) is 3. The van der Waals surface area contributed by atoms with Crippen molar-refractivity contribution in [3.05, 3.63) is 35.4 Å². The zero-order valence-corrected chi connectivity index (χ0v) is 11.8. The van der Waals surface area contributed by atoms with Crippen LogP contribution in [-0.4, -0.2) is 43.9 Å². The molecule has 6 nitrogen and oxygen atoms in total. The summed E-state index contributed by atoms with van der Waals surface area (Å²) < 4.78 is 1.57. The molecular formula is C13H16ClN5O. The maximum atomic E-state index is 12.3. The Balaban J connectivity index is 1.63. The number of amides is 1. The van der Waals surface area contributed by atoms with Crippen LogP contribution in [0.3, 0.4) is 0 Å². The number of hydrogen-bond donors (Lipinski definition) is 1. The van der Waals surface area contributed by atoms with Crippen LogP contribution in [-0.2, 0) is 11.3 Å². The standard InChI is InChI=1S/C13H16ClN5O/c14-11-6-16-19(8-11)9-13(20)18-5-1-2-10(7-18)12-3-4-15-17-12/h3-4,6,8,10H,1-2,5,7,9H2,(H,15,17)/t10-/m0/s1. The number of carbonyl (C=O) groups excluding carboxylic acids is 1. The van der Waals surface area contributed by atoms with E-state index in [-0.39, 0.29) is 12.5 Å². The summed E-state index contributed by atoms with van der Waals surface area (Å²) in [6.45, 7) is 1.77. The van der Waals surface area contributed by atoms with Crippen molar-refractivity contribution in [2.75, 3.05) is 13.1 Å². The summed E-state index contributed by atoms with van der Waals surface area (Å²) in [5.41, 5.74) is 1.10. The van der Waals surface area contributed by atoms with E-state index in [0.29, 0.717) is 10.9 Å². The molecule has 3 heterocycles. The van der Waals surface area contributed by atoms with E-state index in [2.05, 4.69) is 15.3 Å². The van der Waals surface area contributed by atoms with Crippen LogP contribution < -0.4 is 0 Å². The van der Waals surface area contributed by atoms with E-state index in [1.165, 1.54) is 0 Å². The van der Waals surface area contributed by atoms with Gasteiger partial charge in [0.1, 0.15) is 6.54 Å². The third-order valence-corrected chi connectivity index (χ3v) is 3.83. The molecule has 2 aromatic rings. The van der Waals surface area contributed by atoms with E-state index in [9.17, 15) is 4.79 Å². The van der Waals surface area contributed by atoms with E-state index in [4.69, 9.17) is 11.6 Å². The van der Waals surface area contributed by atoms with E-state index in [0.717, 1.165) is 31.6 Å². The quantitative estimate of drug-likeness (QED) is 0.936. The molecule has 0 radical (unpaired) electrons. The van der Waals surface area contributed by atoms with E-state index in [1.807, 2.05) is 11.0 Å². The van der Waals surface area contributed by atoms with Gasteiger partial charge in [-0.15, -0.1) is 0 Å². The van der Waals surface area contributed by atoms with Gasteiger partial charge in [0.15, 0.2) is 0 Å². The van der Waals surface area contributed by atoms with Gasteiger partial charge in [-0.25, -0.2) is 0 Å². The second-order valence-corrected chi connectivity index (χ2v) is 5.48. The summed E-state index contributed by atoms with van der Waals surface area (Å²) in [5.74, 6) is 0.422. The molecule has 1 saturated heterocycles. The van der Waals surface area contributed by atoms with E-state index in [1.54, 1.807) is 23.3 Å². The van der Waals surface area contributed by atoms with Gasteiger partial charge in [-0.2, -0.15) is 10.2 Å². The van der Waals surface area contributed by atoms with Gasteiger partial charge in [-0.1, -0.05) is 11.6 Å². The lowest BCUT2D eigenvalue weighted by atomic mass is 9.95. The van der Waals surface area contributed by atoms with Crippen molar-refractivity contribution >= 4 is 17.5 Å². The number of nitrogens with one attached hydrogen (secondary N) is 1. The van der Waals surface area contributed by atoms with Crippen molar-refractivity contribution < 1.29 is 4.79 Å². The molecule has 2 aromatic heterocycles. The summed E-state index contributed by atoms with van der Waals surface area (Å²) in [7, 11) is 0. The molecule has 0 bridgehead atoms. The molecular weight excluding hydrogens is 278 g/mol. The maximum Gasteiger partial charge on any atom is 0.244 e. The third-order valence-electron chi connectivity index (χ3n) is 3.64. The van der Waals surface area contributed by atoms with Gasteiger partial charge >= 0.3 is 0 Å². The highest BCUT2D eigenvalue weighted by molar-refractivity contribution is 6.30. The Morgan fingerprint density at radius 3 is 3.15 bits per heavy atom. The summed E-state index contributed by atoms with van der Waals surface area (Å²) in [6.07, 6.45) is 7.05. The van der Waals surface area contributed by atoms with Crippen LogP contribution in [0, 0.1) is 0 Å². The minimum absolute atomic E-state index is 0.0778. The fraction of sp³-hybridized carbons (Fsp3) is 0.462. The topological polar surface area (TPSA) is 66.8 Å². The Morgan fingerprint density at radius 1 is 1.55 bits per heavy atom. The molecule has 1 aliphatic rings. The van der Waals surface area contributed by atoms with Crippen LogP contribution in [0.15, 0.2) is 24.7 Å². The average molecular weight is 294 g/mol. The number of aromatic nitrogens is 4. The number of halogens is 1. The van der Waals surface area contributed by atoms with Gasteiger partial charge in [0, 0.05) is 37.1 Å². The predicted molar refractivity (Wildman–Crippen MR) is 74.4 cm³/mol. The van der Waals surface area contributed by atoms with Crippen molar-refractivity contribution in [1.82, 2.24) is 24.9 Å². The van der Waals surface area contributed by atoms with Crippen molar-refractivity contribution in [3.63, 3.8) is 0 Å². The molecule has 0 unspecified atom stereocenters. The minimum Gasteiger partial charge on any atom is -0.340 e. The second-order valence-electron chi connectivity index (χ2n) is 5.05. The number of likely N-dealkylation sites (tertiary alicyclic amines) is 1. The van der Waals surface area contributed by atoms with Gasteiger partial charge in [0.25, 0.3) is 0 Å². The van der Waals surface area contributed by atoms with Crippen LogP contribution in [0.4, 0.5) is 0 Å². The molecule has 1 N–H and O–H groups in total. The molecule has 20 heavy (non-hydrogen) atoms. The summed E-state index contributed by atoms with van der Waals surface area (Å²) in [5, 5.41) is 11.6. The van der Waals surface area contributed by atoms with Crippen molar-refractivity contribution in [3.8, 4) is 0 Å². The highest BCUT2D eigenvalue weighted by atomic mass is 35.5. The molecule has 106 valence electrons. The number of rotatable bonds is 3. The SMILES string of the molecule is O=C(Cn1cc(Cl)cn1)N1CCC[C@H](c2ccn[nH]2)C1. The van der Waals surface area contributed by atoms with Crippen molar-refractivity contribution in [2.45, 2.75) is 25.3 Å². The van der Waals surface area contributed by atoms with Gasteiger partial charge in [0.2, 0.25) is 5.91 Å². The molecule has 7 heteroatoms. The van der Waals surface area contributed by atoms with Crippen molar-refractivity contribution in [1.29, 1.82) is 0 Å². The third kappa shape index (κ3) is 2.85. The number of aromatic amines is 1. The lowest BCUT2D eigenvalue weighted by Gasteiger charge is -2.32. The van der Waals surface area contributed by atoms with Gasteiger partial charge < -0.3 is 4.90 Å². The van der Waals surface area contributed by atoms with E-state index < -0.39 is 0 Å². The molecule has 0 aromatic carbocycles. The Kier molecular flexibility index (Phi) is 3.73. The number of H-pyrrole nitrogens is 1. The fourth-order valence-corrected chi connectivity index (χ4v) is 2.77. The monoisotopic (exact) mass is 293 g/mol. The van der Waals surface area contributed by atoms with Gasteiger partial charge in [-0.05, 0) is 18.9 Å². The number of nitrogens with zero attached hydrogens (tertiary/aromatic N) is 4. The van der Waals surface area contributed by atoms with Crippen LogP contribution in [0.25, 0.3) is 0 Å². The summed E-state index contributed by atoms with van der Waals surface area (Å²) in [4.78, 5) is 14.2. The van der Waals surface area contributed by atoms with Gasteiger partial charge in [-0.3, -0.25) is 14.6 Å². The lowest BCUT2D eigenvalue weighted by molar-refractivity contribution is -0.133. The molecule has 0 saturated carbocycles. The molecule has 1 fully saturated rings. The van der Waals surface area contributed by atoms with Crippen LogP contribution in [0.2, 0.25) is 5.02 Å². The zero-order valence-electron chi connectivity index (χ0n) is 11.0. The Hall–Kier alpha value is -1.82. The summed E-state index contributed by atoms with van der Waals surface area (Å²) in [6, 6.07) is 1.98. The fourth-order valence-electron chi connectivity index (χ4n) is 2.61. The first kappa shape index (κ1) is 13.2. The molecule has 1 amide bonds. The summed E-state index contributed by atoms with van der Waals surface area (Å²) >= 11 is 5.80. The van der Waals surface area contributed by atoms with Crippen molar-refractivity contribution in [2.24, 2.45) is 0 Å². The highest BCUT2D eigenvalue weighted by Gasteiger charge is 2.25. The molecule has 3 rings (SSSR count). The Morgan fingerprint density at radius 2 is 2.45 bits per heavy atom. The minimum atomic E-state index is 0.0778. The normalized spacial score (nSPS) is 19.2. The molecule has 0 spiro atoms. The average Bonchev–Trinajstić information content (AvgIpc) is 3.11. The molecule has 1 aliphatic heterocycles. The molecule has 1 atom stereocenters. The first-order valence-corrected chi connectivity index (χ1v) is 7.05. The highest BCUT2D eigenvalue weighted by Crippen LogP contribution is 2.25. The number of piperidine rings is 1. The van der Waals surface area contributed by atoms with Crippen LogP contribution in [0.1, 0.15) is 24.5 Å². The van der Waals surface area contributed by atoms with E-state index >= 15 is 0 Å².